The molecule has 0 saturated carbocycles. The number of carbonyl (C=O) groups is 1. The zero-order valence-corrected chi connectivity index (χ0v) is 19.9. The number of hydrazone groups is 1. The molecule has 0 aliphatic heterocycles. The number of nitrogens with one attached hydrogen (secondary N) is 1. The third-order valence-corrected chi connectivity index (χ3v) is 7.42. The number of ether oxygens (including phenoxy) is 1. The van der Waals surface area contributed by atoms with Crippen LogP contribution in [-0.4, -0.2) is 28.1 Å². The lowest BCUT2D eigenvalue weighted by molar-refractivity contribution is -0.118. The van der Waals surface area contributed by atoms with E-state index in [0.717, 1.165) is 25.7 Å². The summed E-state index contributed by atoms with van der Waals surface area (Å²) in [6, 6.07) is 27.2. The summed E-state index contributed by atoms with van der Waals surface area (Å²) in [5.41, 5.74) is 4.60. The molecule has 1 heterocycles. The van der Waals surface area contributed by atoms with Gasteiger partial charge in [-0.25, -0.2) is 5.43 Å². The minimum absolute atomic E-state index is 0.207. The van der Waals surface area contributed by atoms with E-state index < -0.39 is 0 Å². The Labute approximate surface area is 204 Å². The topological polar surface area (TPSA) is 76.5 Å². The van der Waals surface area contributed by atoms with Crippen LogP contribution >= 0.6 is 34.9 Å². The van der Waals surface area contributed by atoms with E-state index in [0.29, 0.717) is 5.75 Å². The summed E-state index contributed by atoms with van der Waals surface area (Å²) < 4.78 is 7.46. The fourth-order valence-corrected chi connectivity index (χ4v) is 5.42. The number of nitrogens with zero attached hydrogens (tertiary/aromatic N) is 3. The van der Waals surface area contributed by atoms with Crippen LogP contribution in [0.4, 0.5) is 0 Å². The van der Waals surface area contributed by atoms with Crippen molar-refractivity contribution >= 4 is 47.0 Å². The quantitative estimate of drug-likeness (QED) is 0.170. The van der Waals surface area contributed by atoms with E-state index in [4.69, 9.17) is 4.74 Å². The van der Waals surface area contributed by atoms with Crippen LogP contribution in [0.5, 0.6) is 11.5 Å². The van der Waals surface area contributed by atoms with Crippen LogP contribution in [0.25, 0.3) is 0 Å². The lowest BCUT2D eigenvalue weighted by Gasteiger charge is -2.05. The molecule has 0 atom stereocenters. The lowest BCUT2D eigenvalue weighted by atomic mass is 10.2. The first kappa shape index (κ1) is 23.0. The first-order valence-electron chi connectivity index (χ1n) is 10.0. The molecule has 0 bridgehead atoms. The highest BCUT2D eigenvalue weighted by atomic mass is 32.2. The minimum atomic E-state index is -0.207. The van der Waals surface area contributed by atoms with Crippen LogP contribution < -0.4 is 10.2 Å². The number of rotatable bonds is 10. The molecule has 0 unspecified atom stereocenters. The van der Waals surface area contributed by atoms with E-state index in [1.165, 1.54) is 28.7 Å². The Morgan fingerprint density at radius 1 is 0.909 bits per heavy atom. The Balaban J connectivity index is 1.20. The van der Waals surface area contributed by atoms with Gasteiger partial charge in [0.25, 0.3) is 5.91 Å². The highest BCUT2D eigenvalue weighted by Crippen LogP contribution is 2.30. The number of carbonyl (C=O) groups excluding carboxylic acids is 1. The summed E-state index contributed by atoms with van der Waals surface area (Å²) in [5, 5.41) is 12.4. The molecular weight excluding hydrogens is 472 g/mol. The Morgan fingerprint density at radius 3 is 2.39 bits per heavy atom. The molecule has 0 aliphatic rings. The van der Waals surface area contributed by atoms with Gasteiger partial charge in [0.2, 0.25) is 0 Å². The predicted molar refractivity (Wildman–Crippen MR) is 135 cm³/mol. The van der Waals surface area contributed by atoms with E-state index in [1.807, 2.05) is 72.8 Å². The van der Waals surface area contributed by atoms with Gasteiger partial charge < -0.3 is 4.74 Å². The zero-order chi connectivity index (χ0) is 22.7. The van der Waals surface area contributed by atoms with E-state index in [1.54, 1.807) is 18.0 Å². The fraction of sp³-hybridized carbons (Fsp3) is 0.0833. The largest absolute Gasteiger partial charge is 0.457 e. The number of thioether (sulfide) groups is 2. The molecular formula is C24H20N4O2S3. The van der Waals surface area contributed by atoms with Gasteiger partial charge in [-0.1, -0.05) is 95.5 Å². The summed E-state index contributed by atoms with van der Waals surface area (Å²) in [6.45, 7) is 0. The second-order valence-electron chi connectivity index (χ2n) is 6.68. The van der Waals surface area contributed by atoms with Gasteiger partial charge >= 0.3 is 0 Å². The van der Waals surface area contributed by atoms with Crippen LogP contribution in [0.3, 0.4) is 0 Å². The normalized spacial score (nSPS) is 10.9. The van der Waals surface area contributed by atoms with Crippen LogP contribution in [0.15, 0.2) is 98.7 Å². The molecule has 1 N–H and O–H groups in total. The molecule has 4 rings (SSSR count). The Kier molecular flexibility index (Phi) is 8.51. The van der Waals surface area contributed by atoms with Crippen molar-refractivity contribution in [3.8, 4) is 11.5 Å². The number of amides is 1. The van der Waals surface area contributed by atoms with Gasteiger partial charge in [0.05, 0.1) is 12.0 Å². The average Bonchev–Trinajstić information content (AvgIpc) is 3.31. The molecule has 0 aliphatic carbocycles. The second-order valence-corrected chi connectivity index (χ2v) is 10.1. The van der Waals surface area contributed by atoms with Crippen LogP contribution in [0, 0.1) is 0 Å². The van der Waals surface area contributed by atoms with Gasteiger partial charge in [-0.15, -0.1) is 10.2 Å². The summed E-state index contributed by atoms with van der Waals surface area (Å²) in [5.74, 6) is 2.31. The Hall–Kier alpha value is -3.14. The highest BCUT2D eigenvalue weighted by molar-refractivity contribution is 8.03. The molecule has 0 radical (unpaired) electrons. The monoisotopic (exact) mass is 492 g/mol. The maximum atomic E-state index is 12.1. The van der Waals surface area contributed by atoms with Crippen LogP contribution in [-0.2, 0) is 10.5 Å². The van der Waals surface area contributed by atoms with Crippen molar-refractivity contribution in [3.05, 3.63) is 96.1 Å². The fourth-order valence-electron chi connectivity index (χ4n) is 2.65. The minimum Gasteiger partial charge on any atom is -0.457 e. The van der Waals surface area contributed by atoms with Gasteiger partial charge in [-0.05, 0) is 35.4 Å². The number of hydrogen-bond acceptors (Lipinski definition) is 8. The second kappa shape index (κ2) is 12.2. The molecule has 0 saturated heterocycles. The number of para-hydroxylation sites is 1. The van der Waals surface area contributed by atoms with Gasteiger partial charge in [-0.3, -0.25) is 4.79 Å². The van der Waals surface area contributed by atoms with Crippen molar-refractivity contribution in [2.24, 2.45) is 5.10 Å². The SMILES string of the molecule is O=C(CSc1nnc(SCc2ccccc2)s1)N/N=C\c1cccc(Oc2ccccc2)c1. The summed E-state index contributed by atoms with van der Waals surface area (Å²) in [6.07, 6.45) is 1.59. The molecule has 33 heavy (non-hydrogen) atoms. The molecule has 1 aromatic heterocycles. The molecule has 9 heteroatoms. The third-order valence-electron chi connectivity index (χ3n) is 4.16. The molecule has 0 fully saturated rings. The molecule has 0 spiro atoms. The van der Waals surface area contributed by atoms with Gasteiger partial charge in [0.1, 0.15) is 11.5 Å². The molecule has 6 nitrogen and oxygen atoms in total. The van der Waals surface area contributed by atoms with Gasteiger partial charge in [0, 0.05) is 5.75 Å². The van der Waals surface area contributed by atoms with E-state index >= 15 is 0 Å². The number of aromatic nitrogens is 2. The third kappa shape index (κ3) is 7.74. The summed E-state index contributed by atoms with van der Waals surface area (Å²) >= 11 is 4.47. The van der Waals surface area contributed by atoms with E-state index in [9.17, 15) is 4.79 Å². The molecule has 1 amide bonds. The summed E-state index contributed by atoms with van der Waals surface area (Å²) in [4.78, 5) is 12.1. The van der Waals surface area contributed by atoms with Crippen molar-refractivity contribution < 1.29 is 9.53 Å². The van der Waals surface area contributed by atoms with Crippen molar-refractivity contribution in [1.29, 1.82) is 0 Å². The van der Waals surface area contributed by atoms with Crippen molar-refractivity contribution in [3.63, 3.8) is 0 Å². The summed E-state index contributed by atoms with van der Waals surface area (Å²) in [7, 11) is 0. The first-order chi connectivity index (χ1) is 16.2. The van der Waals surface area contributed by atoms with Crippen molar-refractivity contribution in [2.45, 2.75) is 14.4 Å². The van der Waals surface area contributed by atoms with Gasteiger partial charge in [0.15, 0.2) is 8.68 Å². The maximum Gasteiger partial charge on any atom is 0.250 e. The molecule has 4 aromatic rings. The first-order valence-corrected chi connectivity index (χ1v) is 12.8. The number of hydrogen-bond donors (Lipinski definition) is 1. The maximum absolute atomic E-state index is 12.1. The Bertz CT molecular complexity index is 1200. The molecule has 3 aromatic carbocycles. The van der Waals surface area contributed by atoms with E-state index in [-0.39, 0.29) is 11.7 Å². The van der Waals surface area contributed by atoms with E-state index in [2.05, 4.69) is 32.9 Å². The zero-order valence-electron chi connectivity index (χ0n) is 17.5. The predicted octanol–water partition coefficient (Wildman–Crippen LogP) is 5.87. The smallest absolute Gasteiger partial charge is 0.250 e. The molecule has 166 valence electrons. The Morgan fingerprint density at radius 2 is 1.61 bits per heavy atom. The van der Waals surface area contributed by atoms with Gasteiger partial charge in [-0.2, -0.15) is 5.10 Å². The van der Waals surface area contributed by atoms with Crippen LogP contribution in [0.1, 0.15) is 11.1 Å². The lowest BCUT2D eigenvalue weighted by Crippen LogP contribution is -2.19. The van der Waals surface area contributed by atoms with Crippen molar-refractivity contribution in [2.75, 3.05) is 5.75 Å². The average molecular weight is 493 g/mol. The standard InChI is InChI=1S/C24H20N4O2S3/c29-22(17-32-24-28-27-23(33-24)31-16-18-8-3-1-4-9-18)26-25-15-19-10-7-13-21(14-19)30-20-11-5-2-6-12-20/h1-15H,16-17H2,(H,26,29)/b25-15-. The number of benzene rings is 3. The van der Waals surface area contributed by atoms with Crippen LogP contribution in [0.2, 0.25) is 0 Å². The highest BCUT2D eigenvalue weighted by Gasteiger charge is 2.08. The van der Waals surface area contributed by atoms with Crippen molar-refractivity contribution in [1.82, 2.24) is 15.6 Å².